The van der Waals surface area contributed by atoms with Gasteiger partial charge in [0.25, 0.3) is 0 Å². The van der Waals surface area contributed by atoms with Crippen molar-refractivity contribution < 1.29 is 4.79 Å². The Hall–Kier alpha value is -1.14. The Labute approximate surface area is 147 Å². The van der Waals surface area contributed by atoms with Crippen LogP contribution in [0.1, 0.15) is 36.2 Å². The van der Waals surface area contributed by atoms with Gasteiger partial charge in [-0.05, 0) is 26.3 Å². The lowest BCUT2D eigenvalue weighted by molar-refractivity contribution is -0.126. The first-order valence-corrected chi connectivity index (χ1v) is 7.36. The number of carbonyl (C=O) groups is 1. The topological polar surface area (TPSA) is 68.0 Å². The molecule has 1 aromatic carbocycles. The van der Waals surface area contributed by atoms with Crippen LogP contribution in [-0.4, -0.2) is 10.9 Å². The van der Waals surface area contributed by atoms with Crippen LogP contribution < -0.4 is 11.1 Å². The standard InChI is InChI=1S/C15H19N3OS.2ClH/c1-10-9-20-13(17-10)11(2)18-14(19)15(3,16)12-7-5-4-6-8-12;;/h4-9,11H,16H2,1-3H3,(H,18,19);2*1H. The van der Waals surface area contributed by atoms with Crippen molar-refractivity contribution in [2.75, 3.05) is 0 Å². The van der Waals surface area contributed by atoms with Crippen LogP contribution in [0.15, 0.2) is 35.7 Å². The summed E-state index contributed by atoms with van der Waals surface area (Å²) in [6.07, 6.45) is 0. The molecule has 2 aromatic rings. The maximum absolute atomic E-state index is 12.4. The number of aromatic nitrogens is 1. The number of thiazole rings is 1. The molecule has 0 fully saturated rings. The van der Waals surface area contributed by atoms with Crippen LogP contribution in [0, 0.1) is 6.92 Å². The van der Waals surface area contributed by atoms with E-state index in [2.05, 4.69) is 10.3 Å². The van der Waals surface area contributed by atoms with Crippen LogP contribution in [0.2, 0.25) is 0 Å². The van der Waals surface area contributed by atoms with Gasteiger partial charge in [-0.15, -0.1) is 36.2 Å². The van der Waals surface area contributed by atoms with Crippen molar-refractivity contribution in [3.05, 3.63) is 52.0 Å². The summed E-state index contributed by atoms with van der Waals surface area (Å²) in [6.45, 7) is 5.57. The third-order valence-corrected chi connectivity index (χ3v) is 4.35. The number of aryl methyl sites for hydroxylation is 1. The molecule has 4 nitrogen and oxygen atoms in total. The van der Waals surface area contributed by atoms with Crippen LogP contribution in [0.5, 0.6) is 0 Å². The number of nitrogens with two attached hydrogens (primary N) is 1. The highest BCUT2D eigenvalue weighted by Gasteiger charge is 2.31. The SMILES string of the molecule is Cc1csc(C(C)NC(=O)C(C)(N)c2ccccc2)n1.Cl.Cl. The lowest BCUT2D eigenvalue weighted by Gasteiger charge is -2.25. The molecule has 1 heterocycles. The molecule has 0 saturated heterocycles. The van der Waals surface area contributed by atoms with Gasteiger partial charge >= 0.3 is 0 Å². The van der Waals surface area contributed by atoms with Gasteiger partial charge < -0.3 is 11.1 Å². The Morgan fingerprint density at radius 3 is 2.41 bits per heavy atom. The van der Waals surface area contributed by atoms with Crippen molar-refractivity contribution in [3.63, 3.8) is 0 Å². The third-order valence-electron chi connectivity index (χ3n) is 3.20. The van der Waals surface area contributed by atoms with Crippen molar-refractivity contribution in [1.82, 2.24) is 10.3 Å². The maximum atomic E-state index is 12.4. The van der Waals surface area contributed by atoms with Crippen LogP contribution in [0.3, 0.4) is 0 Å². The first kappa shape index (κ1) is 20.9. The van der Waals surface area contributed by atoms with Gasteiger partial charge in [0.05, 0.1) is 6.04 Å². The van der Waals surface area contributed by atoms with Crippen LogP contribution in [0.25, 0.3) is 0 Å². The van der Waals surface area contributed by atoms with Gasteiger partial charge in [-0.3, -0.25) is 4.79 Å². The molecule has 0 aliphatic carbocycles. The van der Waals surface area contributed by atoms with Crippen LogP contribution in [-0.2, 0) is 10.3 Å². The molecule has 122 valence electrons. The van der Waals surface area contributed by atoms with E-state index in [1.54, 1.807) is 6.92 Å². The van der Waals surface area contributed by atoms with E-state index in [4.69, 9.17) is 5.73 Å². The zero-order valence-corrected chi connectivity index (χ0v) is 15.1. The maximum Gasteiger partial charge on any atom is 0.244 e. The molecule has 0 spiro atoms. The number of benzene rings is 1. The van der Waals surface area contributed by atoms with Gasteiger partial charge in [0.1, 0.15) is 10.5 Å². The highest BCUT2D eigenvalue weighted by atomic mass is 35.5. The Balaban J connectivity index is 0.00000220. The van der Waals surface area contributed by atoms with Gasteiger partial charge in [0, 0.05) is 11.1 Å². The Morgan fingerprint density at radius 2 is 1.91 bits per heavy atom. The van der Waals surface area contributed by atoms with Crippen molar-refractivity contribution in [1.29, 1.82) is 0 Å². The van der Waals surface area contributed by atoms with Gasteiger partial charge in [-0.25, -0.2) is 4.98 Å². The molecule has 1 amide bonds. The predicted octanol–water partition coefficient (Wildman–Crippen LogP) is 3.35. The molecular weight excluding hydrogens is 341 g/mol. The van der Waals surface area contributed by atoms with Crippen molar-refractivity contribution >= 4 is 42.1 Å². The summed E-state index contributed by atoms with van der Waals surface area (Å²) in [4.78, 5) is 16.8. The summed E-state index contributed by atoms with van der Waals surface area (Å²) in [7, 11) is 0. The van der Waals surface area contributed by atoms with Crippen molar-refractivity contribution in [3.8, 4) is 0 Å². The van der Waals surface area contributed by atoms with Crippen LogP contribution >= 0.6 is 36.2 Å². The molecule has 7 heteroatoms. The molecule has 0 aliphatic heterocycles. The molecule has 0 aliphatic rings. The smallest absolute Gasteiger partial charge is 0.244 e. The molecule has 1 aromatic heterocycles. The number of halogens is 2. The summed E-state index contributed by atoms with van der Waals surface area (Å²) >= 11 is 1.54. The Kier molecular flexibility index (Phi) is 8.04. The van der Waals surface area contributed by atoms with Gasteiger partial charge in [-0.1, -0.05) is 30.3 Å². The Morgan fingerprint density at radius 1 is 1.32 bits per heavy atom. The highest BCUT2D eigenvalue weighted by molar-refractivity contribution is 7.09. The monoisotopic (exact) mass is 361 g/mol. The molecule has 22 heavy (non-hydrogen) atoms. The summed E-state index contributed by atoms with van der Waals surface area (Å²) in [5, 5.41) is 5.79. The fourth-order valence-corrected chi connectivity index (χ4v) is 2.70. The summed E-state index contributed by atoms with van der Waals surface area (Å²) in [5.41, 5.74) is 6.88. The van der Waals surface area contributed by atoms with E-state index in [9.17, 15) is 4.79 Å². The number of nitrogens with zero attached hydrogens (tertiary/aromatic N) is 1. The van der Waals surface area contributed by atoms with E-state index < -0.39 is 5.54 Å². The minimum absolute atomic E-state index is 0. The number of hydrogen-bond acceptors (Lipinski definition) is 4. The average molecular weight is 362 g/mol. The average Bonchev–Trinajstić information content (AvgIpc) is 2.86. The molecule has 0 bridgehead atoms. The van der Waals surface area contributed by atoms with E-state index in [0.29, 0.717) is 0 Å². The number of hydrogen-bond donors (Lipinski definition) is 2. The molecule has 3 N–H and O–H groups in total. The summed E-state index contributed by atoms with van der Waals surface area (Å²) in [5.74, 6) is -0.205. The fourth-order valence-electron chi connectivity index (χ4n) is 1.89. The zero-order chi connectivity index (χ0) is 14.8. The number of carbonyl (C=O) groups excluding carboxylic acids is 1. The molecule has 2 unspecified atom stereocenters. The van der Waals surface area contributed by atoms with E-state index in [1.165, 1.54) is 11.3 Å². The number of amides is 1. The molecule has 0 saturated carbocycles. The van der Waals surface area contributed by atoms with Gasteiger partial charge in [0.2, 0.25) is 5.91 Å². The van der Waals surface area contributed by atoms with Crippen molar-refractivity contribution in [2.24, 2.45) is 5.73 Å². The fraction of sp³-hybridized carbons (Fsp3) is 0.333. The van der Waals surface area contributed by atoms with E-state index in [0.717, 1.165) is 16.3 Å². The lowest BCUT2D eigenvalue weighted by atomic mass is 9.92. The summed E-state index contributed by atoms with van der Waals surface area (Å²) < 4.78 is 0. The summed E-state index contributed by atoms with van der Waals surface area (Å²) in [6, 6.07) is 9.23. The van der Waals surface area contributed by atoms with Crippen LogP contribution in [0.4, 0.5) is 0 Å². The molecule has 2 rings (SSSR count). The third kappa shape index (κ3) is 4.68. The number of rotatable bonds is 4. The second-order valence-electron chi connectivity index (χ2n) is 5.09. The lowest BCUT2D eigenvalue weighted by Crippen LogP contribution is -2.49. The second-order valence-corrected chi connectivity index (χ2v) is 5.98. The molecule has 0 radical (unpaired) electrons. The predicted molar refractivity (Wildman–Crippen MR) is 95.9 cm³/mol. The Bertz CT molecular complexity index is 602. The first-order chi connectivity index (χ1) is 9.41. The van der Waals surface area contributed by atoms with Gasteiger partial charge in [-0.2, -0.15) is 0 Å². The quantitative estimate of drug-likeness (QED) is 0.877. The van der Waals surface area contributed by atoms with Crippen molar-refractivity contribution in [2.45, 2.75) is 32.4 Å². The van der Waals surface area contributed by atoms with E-state index in [1.807, 2.05) is 49.6 Å². The normalized spacial score (nSPS) is 14.0. The van der Waals surface area contributed by atoms with Gasteiger partial charge in [0.15, 0.2) is 0 Å². The highest BCUT2D eigenvalue weighted by Crippen LogP contribution is 2.21. The molecule has 2 atom stereocenters. The van der Waals surface area contributed by atoms with E-state index in [-0.39, 0.29) is 36.8 Å². The largest absolute Gasteiger partial charge is 0.345 e. The minimum Gasteiger partial charge on any atom is -0.345 e. The second kappa shape index (κ2) is 8.48. The number of nitrogens with one attached hydrogen (secondary N) is 1. The minimum atomic E-state index is -1.05. The van der Waals surface area contributed by atoms with E-state index >= 15 is 0 Å². The first-order valence-electron chi connectivity index (χ1n) is 6.48. The molecular formula is C15H21Cl2N3OS. The zero-order valence-electron chi connectivity index (χ0n) is 12.7.